The van der Waals surface area contributed by atoms with Crippen molar-refractivity contribution in [2.45, 2.75) is 98.3 Å². The molecule has 2 aliphatic rings. The predicted octanol–water partition coefficient (Wildman–Crippen LogP) is 10.1. The molecule has 0 fully saturated rings. The lowest BCUT2D eigenvalue weighted by molar-refractivity contribution is 0.624. The average Bonchev–Trinajstić information content (AvgIpc) is 3.38. The number of unbranched alkanes of at least 4 members (excludes halogenated alkanes) is 9. The molecule has 0 unspecified atom stereocenters. The van der Waals surface area contributed by atoms with Crippen molar-refractivity contribution in [3.63, 3.8) is 0 Å². The maximum Gasteiger partial charge on any atom is 0.0229 e. The number of rotatable bonds is 9. The summed E-state index contributed by atoms with van der Waals surface area (Å²) in [6, 6.07) is 0. The van der Waals surface area contributed by atoms with Crippen molar-refractivity contribution in [1.82, 2.24) is 0 Å². The normalized spacial score (nSPS) is 14.1. The van der Waals surface area contributed by atoms with Crippen molar-refractivity contribution in [3.05, 3.63) is 23.0 Å². The molecule has 0 N–H and O–H groups in total. The van der Waals surface area contributed by atoms with Gasteiger partial charge in [0.1, 0.15) is 0 Å². The Labute approximate surface area is 175 Å². The Balaban J connectivity index is 0. The first kappa shape index (κ1) is 28.1. The second kappa shape index (κ2) is 29.6. The van der Waals surface area contributed by atoms with Gasteiger partial charge in [0, 0.05) is 11.5 Å². The summed E-state index contributed by atoms with van der Waals surface area (Å²) in [4.78, 5) is 0. The Morgan fingerprint density at radius 1 is 0.520 bits per heavy atom. The number of hydrogen-bond acceptors (Lipinski definition) is 4. The molecule has 2 heterocycles. The van der Waals surface area contributed by atoms with Gasteiger partial charge in [-0.25, -0.2) is 0 Å². The molecule has 0 aromatic heterocycles. The third-order valence-corrected chi connectivity index (χ3v) is 7.27. The van der Waals surface area contributed by atoms with Crippen LogP contribution in [0.5, 0.6) is 0 Å². The summed E-state index contributed by atoms with van der Waals surface area (Å²) in [5.74, 6) is 2.40. The second-order valence-corrected chi connectivity index (χ2v) is 10.6. The zero-order chi connectivity index (χ0) is 18.8. The van der Waals surface area contributed by atoms with Gasteiger partial charge in [0.2, 0.25) is 0 Å². The highest BCUT2D eigenvalue weighted by atomic mass is 33.1. The van der Waals surface area contributed by atoms with Crippen LogP contribution in [0.15, 0.2) is 23.0 Å². The van der Waals surface area contributed by atoms with E-state index in [-0.39, 0.29) is 0 Å². The van der Waals surface area contributed by atoms with Gasteiger partial charge in [0.15, 0.2) is 0 Å². The zero-order valence-corrected chi connectivity index (χ0v) is 20.4. The monoisotopic (exact) mass is 422 g/mol. The van der Waals surface area contributed by atoms with Crippen LogP contribution < -0.4 is 0 Å². The van der Waals surface area contributed by atoms with Gasteiger partial charge in [0.25, 0.3) is 0 Å². The Morgan fingerprint density at radius 3 is 1.00 bits per heavy atom. The van der Waals surface area contributed by atoms with Gasteiger partial charge >= 0.3 is 0 Å². The molecule has 0 aromatic carbocycles. The van der Waals surface area contributed by atoms with Crippen LogP contribution in [0, 0.1) is 0 Å². The molecule has 0 spiro atoms. The standard InChI is InChI=1S/C8H18.C7H16.2C3H4S2/c1-3-5-7-8-6-4-2;1-3-5-7-6-4-2;2*1-2-4-5-3-1/h3-8H2,1-2H3;3-7H2,1-2H3;2*1-2H,3H2. The molecule has 150 valence electrons. The Kier molecular flexibility index (Phi) is 33.3. The van der Waals surface area contributed by atoms with E-state index in [4.69, 9.17) is 0 Å². The fourth-order valence-electron chi connectivity index (χ4n) is 1.92. The molecule has 0 saturated heterocycles. The van der Waals surface area contributed by atoms with Gasteiger partial charge in [-0.3, -0.25) is 0 Å². The van der Waals surface area contributed by atoms with Crippen molar-refractivity contribution in [2.75, 3.05) is 11.5 Å². The Bertz CT molecular complexity index is 227. The number of hydrogen-bond donors (Lipinski definition) is 0. The predicted molar refractivity (Wildman–Crippen MR) is 132 cm³/mol. The van der Waals surface area contributed by atoms with E-state index in [0.29, 0.717) is 0 Å². The van der Waals surface area contributed by atoms with Gasteiger partial charge in [-0.05, 0) is 10.8 Å². The molecule has 0 saturated carbocycles. The lowest BCUT2D eigenvalue weighted by Crippen LogP contribution is -1.73. The van der Waals surface area contributed by atoms with Crippen molar-refractivity contribution in [1.29, 1.82) is 0 Å². The third-order valence-electron chi connectivity index (χ3n) is 3.43. The smallest absolute Gasteiger partial charge is 0.0229 e. The van der Waals surface area contributed by atoms with Gasteiger partial charge in [-0.15, -0.1) is 0 Å². The first-order valence-corrected chi connectivity index (χ1v) is 15.0. The summed E-state index contributed by atoms with van der Waals surface area (Å²) in [5.41, 5.74) is 0. The molecule has 0 atom stereocenters. The van der Waals surface area contributed by atoms with Gasteiger partial charge in [0.05, 0.1) is 0 Å². The fraction of sp³-hybridized carbons (Fsp3) is 0.810. The van der Waals surface area contributed by atoms with Crippen LogP contribution in [0.4, 0.5) is 0 Å². The van der Waals surface area contributed by atoms with Crippen molar-refractivity contribution in [2.24, 2.45) is 0 Å². The van der Waals surface area contributed by atoms with Gasteiger partial charge < -0.3 is 0 Å². The second-order valence-electron chi connectivity index (χ2n) is 5.98. The first-order valence-electron chi connectivity index (χ1n) is 10.2. The summed E-state index contributed by atoms with van der Waals surface area (Å²) in [7, 11) is 7.38. The molecule has 25 heavy (non-hydrogen) atoms. The topological polar surface area (TPSA) is 0 Å². The molecular weight excluding hydrogens is 380 g/mol. The first-order chi connectivity index (χ1) is 12.3. The van der Waals surface area contributed by atoms with E-state index in [1.54, 1.807) is 0 Å². The molecule has 2 aliphatic heterocycles. The van der Waals surface area contributed by atoms with E-state index in [1.165, 1.54) is 82.1 Å². The Hall–Kier alpha value is 0.880. The summed E-state index contributed by atoms with van der Waals surface area (Å²) in [5, 5.41) is 4.23. The van der Waals surface area contributed by atoms with E-state index in [0.717, 1.165) is 0 Å². The SMILES string of the molecule is C1=CSSC1.C1=CSSC1.CCCCCCC.CCCCCCCC. The molecule has 0 radical (unpaired) electrons. The van der Waals surface area contributed by atoms with Crippen LogP contribution >= 0.6 is 43.2 Å². The summed E-state index contributed by atoms with van der Waals surface area (Å²) in [6.07, 6.45) is 19.8. The maximum atomic E-state index is 2.26. The van der Waals surface area contributed by atoms with Gasteiger partial charge in [-0.1, -0.05) is 154 Å². The van der Waals surface area contributed by atoms with Crippen molar-refractivity contribution >= 4 is 43.2 Å². The van der Waals surface area contributed by atoms with Crippen LogP contribution in [0.1, 0.15) is 98.3 Å². The minimum absolute atomic E-state index is 1.20. The van der Waals surface area contributed by atoms with Crippen molar-refractivity contribution < 1.29 is 0 Å². The third kappa shape index (κ3) is 33.0. The molecule has 0 amide bonds. The largest absolute Gasteiger partial charge is 0.0854 e. The minimum Gasteiger partial charge on any atom is -0.0854 e. The van der Waals surface area contributed by atoms with Gasteiger partial charge in [-0.2, -0.15) is 0 Å². The van der Waals surface area contributed by atoms with E-state index in [2.05, 4.69) is 50.7 Å². The van der Waals surface area contributed by atoms with E-state index in [9.17, 15) is 0 Å². The van der Waals surface area contributed by atoms with Crippen LogP contribution in [0.3, 0.4) is 0 Å². The Morgan fingerprint density at radius 2 is 0.840 bits per heavy atom. The van der Waals surface area contributed by atoms with Crippen LogP contribution in [-0.2, 0) is 0 Å². The van der Waals surface area contributed by atoms with Crippen LogP contribution in [0.2, 0.25) is 0 Å². The lowest BCUT2D eigenvalue weighted by Gasteiger charge is -1.93. The lowest BCUT2D eigenvalue weighted by atomic mass is 10.1. The summed E-state index contributed by atoms with van der Waals surface area (Å²) >= 11 is 0. The summed E-state index contributed by atoms with van der Waals surface area (Å²) in [6.45, 7) is 9.00. The minimum atomic E-state index is 1.20. The molecule has 0 aliphatic carbocycles. The van der Waals surface area contributed by atoms with E-state index < -0.39 is 0 Å². The fourth-order valence-corrected chi connectivity index (χ4v) is 5.07. The van der Waals surface area contributed by atoms with E-state index >= 15 is 0 Å². The molecule has 4 heteroatoms. The molecule has 0 nitrogen and oxygen atoms in total. The average molecular weight is 423 g/mol. The van der Waals surface area contributed by atoms with Crippen LogP contribution in [-0.4, -0.2) is 11.5 Å². The van der Waals surface area contributed by atoms with Crippen LogP contribution in [0.25, 0.3) is 0 Å². The van der Waals surface area contributed by atoms with E-state index in [1.807, 2.05) is 43.2 Å². The quantitative estimate of drug-likeness (QED) is 0.267. The highest BCUT2D eigenvalue weighted by Crippen LogP contribution is 2.28. The molecule has 2 rings (SSSR count). The highest BCUT2D eigenvalue weighted by molar-refractivity contribution is 8.78. The molecule has 0 bridgehead atoms. The zero-order valence-electron chi connectivity index (χ0n) is 17.1. The summed E-state index contributed by atoms with van der Waals surface area (Å²) < 4.78 is 0. The van der Waals surface area contributed by atoms with Crippen molar-refractivity contribution in [3.8, 4) is 0 Å². The molecular formula is C21H42S4. The highest BCUT2D eigenvalue weighted by Gasteiger charge is 1.86. The molecule has 0 aromatic rings. The maximum absolute atomic E-state index is 2.26.